The summed E-state index contributed by atoms with van der Waals surface area (Å²) in [6.45, 7) is 7.79. The molecular formula is C11H22N4O2. The van der Waals surface area contributed by atoms with E-state index in [9.17, 15) is 4.79 Å². The zero-order valence-electron chi connectivity index (χ0n) is 10.4. The zero-order valence-corrected chi connectivity index (χ0v) is 10.4. The van der Waals surface area contributed by atoms with E-state index in [1.54, 1.807) is 0 Å². The van der Waals surface area contributed by atoms with Gasteiger partial charge in [0.2, 0.25) is 0 Å². The minimum Gasteiger partial charge on any atom is -0.374 e. The standard InChI is InChI=1S/C11H22N4O2/c1-9(12)10-8-14(6-7-17-10)4-5-15-3-2-13-11(15)16/h9-10H,2-8,12H2,1H3,(H,13,16). The van der Waals surface area contributed by atoms with Crippen molar-refractivity contribution in [2.75, 3.05) is 45.9 Å². The number of amides is 2. The molecule has 0 bridgehead atoms. The van der Waals surface area contributed by atoms with E-state index in [1.807, 2.05) is 11.8 Å². The minimum atomic E-state index is 0.0574. The van der Waals surface area contributed by atoms with E-state index in [0.29, 0.717) is 0 Å². The summed E-state index contributed by atoms with van der Waals surface area (Å²) in [5, 5.41) is 2.81. The Morgan fingerprint density at radius 1 is 1.53 bits per heavy atom. The van der Waals surface area contributed by atoms with Crippen LogP contribution < -0.4 is 11.1 Å². The number of morpholine rings is 1. The maximum atomic E-state index is 11.4. The van der Waals surface area contributed by atoms with Gasteiger partial charge >= 0.3 is 6.03 Å². The number of rotatable bonds is 4. The normalized spacial score (nSPS) is 28.2. The van der Waals surface area contributed by atoms with Gasteiger partial charge in [-0.15, -0.1) is 0 Å². The van der Waals surface area contributed by atoms with Crippen LogP contribution >= 0.6 is 0 Å². The lowest BCUT2D eigenvalue weighted by Crippen LogP contribution is -2.51. The van der Waals surface area contributed by atoms with Gasteiger partial charge in [0, 0.05) is 45.3 Å². The number of nitrogens with one attached hydrogen (secondary N) is 1. The first kappa shape index (κ1) is 12.6. The van der Waals surface area contributed by atoms with Gasteiger partial charge in [-0.1, -0.05) is 0 Å². The van der Waals surface area contributed by atoms with Crippen molar-refractivity contribution in [3.05, 3.63) is 0 Å². The smallest absolute Gasteiger partial charge is 0.317 e. The van der Waals surface area contributed by atoms with Crippen LogP contribution in [0.5, 0.6) is 0 Å². The van der Waals surface area contributed by atoms with Gasteiger partial charge in [-0.2, -0.15) is 0 Å². The van der Waals surface area contributed by atoms with Crippen LogP contribution in [0.3, 0.4) is 0 Å². The van der Waals surface area contributed by atoms with Gasteiger partial charge in [-0.05, 0) is 6.92 Å². The van der Waals surface area contributed by atoms with Crippen molar-refractivity contribution in [1.82, 2.24) is 15.1 Å². The van der Waals surface area contributed by atoms with Gasteiger partial charge in [-0.25, -0.2) is 4.79 Å². The molecule has 0 aromatic carbocycles. The van der Waals surface area contributed by atoms with Gasteiger partial charge in [0.25, 0.3) is 0 Å². The number of nitrogens with zero attached hydrogens (tertiary/aromatic N) is 2. The van der Waals surface area contributed by atoms with E-state index in [1.165, 1.54) is 0 Å². The molecule has 2 unspecified atom stereocenters. The van der Waals surface area contributed by atoms with Crippen LogP contribution in [0.2, 0.25) is 0 Å². The van der Waals surface area contributed by atoms with Crippen molar-refractivity contribution in [2.45, 2.75) is 19.1 Å². The van der Waals surface area contributed by atoms with Gasteiger partial charge in [0.1, 0.15) is 0 Å². The Hall–Kier alpha value is -0.850. The van der Waals surface area contributed by atoms with Crippen LogP contribution in [0.4, 0.5) is 4.79 Å². The van der Waals surface area contributed by atoms with Crippen LogP contribution in [0, 0.1) is 0 Å². The average molecular weight is 242 g/mol. The van der Waals surface area contributed by atoms with E-state index < -0.39 is 0 Å². The Labute approximate surface area is 102 Å². The average Bonchev–Trinajstić information content (AvgIpc) is 2.72. The number of ether oxygens (including phenoxy) is 1. The number of hydrogen-bond donors (Lipinski definition) is 2. The van der Waals surface area contributed by atoms with E-state index in [2.05, 4.69) is 10.2 Å². The van der Waals surface area contributed by atoms with E-state index >= 15 is 0 Å². The predicted octanol–water partition coefficient (Wildman–Crippen LogP) is -0.940. The first-order valence-electron chi connectivity index (χ1n) is 6.29. The SMILES string of the molecule is CC(N)C1CN(CCN2CCNC2=O)CCO1. The number of nitrogens with two attached hydrogens (primary N) is 1. The fourth-order valence-corrected chi connectivity index (χ4v) is 2.24. The molecule has 6 nitrogen and oxygen atoms in total. The molecular weight excluding hydrogens is 220 g/mol. The summed E-state index contributed by atoms with van der Waals surface area (Å²) in [5.74, 6) is 0. The van der Waals surface area contributed by atoms with E-state index in [0.717, 1.165) is 45.9 Å². The molecule has 3 N–H and O–H groups in total. The van der Waals surface area contributed by atoms with Crippen LogP contribution in [-0.2, 0) is 4.74 Å². The van der Waals surface area contributed by atoms with Gasteiger partial charge in [-0.3, -0.25) is 4.90 Å². The summed E-state index contributed by atoms with van der Waals surface area (Å²) >= 11 is 0. The number of urea groups is 1. The fraction of sp³-hybridized carbons (Fsp3) is 0.909. The van der Waals surface area contributed by atoms with Crippen LogP contribution in [0.15, 0.2) is 0 Å². The highest BCUT2D eigenvalue weighted by atomic mass is 16.5. The summed E-state index contributed by atoms with van der Waals surface area (Å²) < 4.78 is 5.60. The number of hydrogen-bond acceptors (Lipinski definition) is 4. The molecule has 2 aliphatic rings. The van der Waals surface area contributed by atoms with Crippen molar-refractivity contribution in [3.63, 3.8) is 0 Å². The third-order valence-electron chi connectivity index (χ3n) is 3.40. The molecule has 2 fully saturated rings. The molecule has 2 amide bonds. The fourth-order valence-electron chi connectivity index (χ4n) is 2.24. The molecule has 0 aliphatic carbocycles. The maximum absolute atomic E-state index is 11.4. The Morgan fingerprint density at radius 2 is 2.35 bits per heavy atom. The lowest BCUT2D eigenvalue weighted by atomic mass is 10.1. The first-order chi connectivity index (χ1) is 8.16. The Morgan fingerprint density at radius 3 is 3.00 bits per heavy atom. The Kier molecular flexibility index (Phi) is 4.20. The highest BCUT2D eigenvalue weighted by molar-refractivity contribution is 5.76. The van der Waals surface area contributed by atoms with Crippen molar-refractivity contribution in [3.8, 4) is 0 Å². The largest absolute Gasteiger partial charge is 0.374 e. The Balaban J connectivity index is 1.73. The summed E-state index contributed by atoms with van der Waals surface area (Å²) in [6, 6.07) is 0.120. The number of carbonyl (C=O) groups is 1. The van der Waals surface area contributed by atoms with Gasteiger partial charge < -0.3 is 20.7 Å². The third-order valence-corrected chi connectivity index (χ3v) is 3.40. The first-order valence-corrected chi connectivity index (χ1v) is 6.29. The molecule has 0 aromatic rings. The summed E-state index contributed by atoms with van der Waals surface area (Å²) in [5.41, 5.74) is 5.84. The molecule has 2 heterocycles. The molecule has 0 radical (unpaired) electrons. The quantitative estimate of drug-likeness (QED) is 0.667. The lowest BCUT2D eigenvalue weighted by molar-refractivity contribution is -0.0384. The summed E-state index contributed by atoms with van der Waals surface area (Å²) in [7, 11) is 0. The predicted molar refractivity (Wildman–Crippen MR) is 64.8 cm³/mol. The molecule has 2 atom stereocenters. The summed E-state index contributed by atoms with van der Waals surface area (Å²) in [6.07, 6.45) is 0.121. The second kappa shape index (κ2) is 5.66. The van der Waals surface area contributed by atoms with Crippen LogP contribution in [0.25, 0.3) is 0 Å². The molecule has 17 heavy (non-hydrogen) atoms. The molecule has 6 heteroatoms. The van der Waals surface area contributed by atoms with Crippen molar-refractivity contribution in [1.29, 1.82) is 0 Å². The second-order valence-electron chi connectivity index (χ2n) is 4.79. The number of carbonyl (C=O) groups excluding carboxylic acids is 1. The Bertz CT molecular complexity index is 272. The van der Waals surface area contributed by atoms with Crippen molar-refractivity contribution in [2.24, 2.45) is 5.73 Å². The van der Waals surface area contributed by atoms with Gasteiger partial charge in [0.15, 0.2) is 0 Å². The highest BCUT2D eigenvalue weighted by Crippen LogP contribution is 2.08. The highest BCUT2D eigenvalue weighted by Gasteiger charge is 2.25. The van der Waals surface area contributed by atoms with E-state index in [4.69, 9.17) is 10.5 Å². The summed E-state index contributed by atoms with van der Waals surface area (Å²) in [4.78, 5) is 15.6. The molecule has 0 saturated carbocycles. The molecule has 2 saturated heterocycles. The molecule has 2 rings (SSSR count). The van der Waals surface area contributed by atoms with Crippen molar-refractivity contribution < 1.29 is 9.53 Å². The molecule has 2 aliphatic heterocycles. The molecule has 0 spiro atoms. The maximum Gasteiger partial charge on any atom is 0.317 e. The van der Waals surface area contributed by atoms with Gasteiger partial charge in [0.05, 0.1) is 12.7 Å². The zero-order chi connectivity index (χ0) is 12.3. The van der Waals surface area contributed by atoms with E-state index in [-0.39, 0.29) is 18.2 Å². The monoisotopic (exact) mass is 242 g/mol. The topological polar surface area (TPSA) is 70.8 Å². The van der Waals surface area contributed by atoms with Crippen LogP contribution in [-0.4, -0.2) is 73.9 Å². The third kappa shape index (κ3) is 3.31. The molecule has 98 valence electrons. The van der Waals surface area contributed by atoms with Crippen molar-refractivity contribution >= 4 is 6.03 Å². The molecule has 0 aromatic heterocycles. The van der Waals surface area contributed by atoms with Crippen LogP contribution in [0.1, 0.15) is 6.92 Å². The lowest BCUT2D eigenvalue weighted by Gasteiger charge is -2.35. The minimum absolute atomic E-state index is 0.0574. The second-order valence-corrected chi connectivity index (χ2v) is 4.79.